The molecule has 1 aromatic rings. The van der Waals surface area contributed by atoms with Crippen molar-refractivity contribution in [1.82, 2.24) is 9.80 Å². The molecule has 0 spiro atoms. The molecular formula is C21H28N2O4. The minimum absolute atomic E-state index is 0.168. The minimum Gasteiger partial charge on any atom is -0.478 e. The molecule has 0 radical (unpaired) electrons. The number of likely N-dealkylation sites (tertiary alicyclic amines) is 2. The van der Waals surface area contributed by atoms with Gasteiger partial charge in [-0.1, -0.05) is 12.1 Å². The number of carboxylic acids is 1. The Balaban J connectivity index is 1.42. The molecule has 2 aliphatic heterocycles. The van der Waals surface area contributed by atoms with Gasteiger partial charge in [-0.15, -0.1) is 0 Å². The summed E-state index contributed by atoms with van der Waals surface area (Å²) in [6.45, 7) is 3.02. The Morgan fingerprint density at radius 1 is 1.19 bits per heavy atom. The lowest BCUT2D eigenvalue weighted by Gasteiger charge is -2.26. The molecule has 0 aromatic heterocycles. The van der Waals surface area contributed by atoms with Crippen LogP contribution in [-0.2, 0) is 16.0 Å². The molecule has 2 amide bonds. The number of hydrogen-bond donors (Lipinski definition) is 1. The summed E-state index contributed by atoms with van der Waals surface area (Å²) in [7, 11) is 0. The van der Waals surface area contributed by atoms with Gasteiger partial charge in [-0.2, -0.15) is 0 Å². The van der Waals surface area contributed by atoms with Crippen molar-refractivity contribution in [2.45, 2.75) is 44.9 Å². The van der Waals surface area contributed by atoms with Crippen molar-refractivity contribution in [2.24, 2.45) is 5.92 Å². The average Bonchev–Trinajstić information content (AvgIpc) is 3.12. The van der Waals surface area contributed by atoms with Gasteiger partial charge in [-0.25, -0.2) is 4.79 Å². The van der Waals surface area contributed by atoms with Crippen LogP contribution < -0.4 is 0 Å². The van der Waals surface area contributed by atoms with Gasteiger partial charge in [0.2, 0.25) is 11.8 Å². The molecule has 0 aliphatic carbocycles. The van der Waals surface area contributed by atoms with Gasteiger partial charge in [0.15, 0.2) is 0 Å². The molecule has 2 aliphatic rings. The Kier molecular flexibility index (Phi) is 6.48. The van der Waals surface area contributed by atoms with Crippen LogP contribution in [0.1, 0.15) is 54.4 Å². The maximum Gasteiger partial charge on any atom is 0.335 e. The number of carboxylic acid groups (broad SMARTS) is 1. The van der Waals surface area contributed by atoms with Gasteiger partial charge < -0.3 is 14.9 Å². The SMILES string of the molecule is O=C(O)c1cccc(C[C@H]2CCN(C(=O)CCCN3CCCCC3=O)C2)c1. The molecule has 2 fully saturated rings. The van der Waals surface area contributed by atoms with Crippen LogP contribution in [0.5, 0.6) is 0 Å². The van der Waals surface area contributed by atoms with E-state index < -0.39 is 5.97 Å². The molecule has 6 heteroatoms. The highest BCUT2D eigenvalue weighted by molar-refractivity contribution is 5.87. The molecule has 146 valence electrons. The summed E-state index contributed by atoms with van der Waals surface area (Å²) in [5.41, 5.74) is 1.32. The van der Waals surface area contributed by atoms with Crippen molar-refractivity contribution in [1.29, 1.82) is 0 Å². The highest BCUT2D eigenvalue weighted by Crippen LogP contribution is 2.22. The molecule has 3 rings (SSSR count). The average molecular weight is 372 g/mol. The summed E-state index contributed by atoms with van der Waals surface area (Å²) in [5.74, 6) is -0.145. The third-order valence-electron chi connectivity index (χ3n) is 5.58. The van der Waals surface area contributed by atoms with Gasteiger partial charge in [0.05, 0.1) is 5.56 Å². The Labute approximate surface area is 160 Å². The van der Waals surface area contributed by atoms with E-state index >= 15 is 0 Å². The third kappa shape index (κ3) is 5.31. The topological polar surface area (TPSA) is 77.9 Å². The molecule has 0 bridgehead atoms. The number of carbonyl (C=O) groups excluding carboxylic acids is 2. The zero-order valence-corrected chi connectivity index (χ0v) is 15.7. The Morgan fingerprint density at radius 3 is 2.81 bits per heavy atom. The number of hydrogen-bond acceptors (Lipinski definition) is 3. The molecule has 1 aromatic carbocycles. The van der Waals surface area contributed by atoms with Gasteiger partial charge in [0.25, 0.3) is 0 Å². The van der Waals surface area contributed by atoms with Crippen LogP contribution >= 0.6 is 0 Å². The maximum atomic E-state index is 12.5. The monoisotopic (exact) mass is 372 g/mol. The van der Waals surface area contributed by atoms with E-state index in [0.29, 0.717) is 30.9 Å². The number of piperidine rings is 1. The number of benzene rings is 1. The molecule has 27 heavy (non-hydrogen) atoms. The van der Waals surface area contributed by atoms with Crippen LogP contribution in [0.15, 0.2) is 24.3 Å². The summed E-state index contributed by atoms with van der Waals surface area (Å²) in [5, 5.41) is 9.10. The lowest BCUT2D eigenvalue weighted by molar-refractivity contribution is -0.134. The highest BCUT2D eigenvalue weighted by atomic mass is 16.4. The molecule has 0 unspecified atom stereocenters. The Morgan fingerprint density at radius 2 is 2.04 bits per heavy atom. The first-order valence-corrected chi connectivity index (χ1v) is 9.90. The Hall–Kier alpha value is -2.37. The molecule has 0 saturated carbocycles. The second kappa shape index (κ2) is 9.02. The number of aromatic carboxylic acids is 1. The van der Waals surface area contributed by atoms with Crippen molar-refractivity contribution < 1.29 is 19.5 Å². The molecule has 1 N–H and O–H groups in total. The lowest BCUT2D eigenvalue weighted by Crippen LogP contribution is -2.36. The van der Waals surface area contributed by atoms with E-state index in [1.807, 2.05) is 15.9 Å². The van der Waals surface area contributed by atoms with Crippen molar-refractivity contribution >= 4 is 17.8 Å². The van der Waals surface area contributed by atoms with Crippen LogP contribution in [0.3, 0.4) is 0 Å². The predicted molar refractivity (Wildman–Crippen MR) is 101 cm³/mol. The van der Waals surface area contributed by atoms with Gasteiger partial charge in [0, 0.05) is 39.0 Å². The van der Waals surface area contributed by atoms with Gasteiger partial charge in [0.1, 0.15) is 0 Å². The number of amides is 2. The number of nitrogens with zero attached hydrogens (tertiary/aromatic N) is 2. The summed E-state index contributed by atoms with van der Waals surface area (Å²) < 4.78 is 0. The van der Waals surface area contributed by atoms with Gasteiger partial charge in [-0.3, -0.25) is 9.59 Å². The molecule has 1 atom stereocenters. The fourth-order valence-electron chi connectivity index (χ4n) is 4.07. The van der Waals surface area contributed by atoms with E-state index in [-0.39, 0.29) is 11.8 Å². The zero-order chi connectivity index (χ0) is 19.2. The zero-order valence-electron chi connectivity index (χ0n) is 15.7. The standard InChI is InChI=1S/C21H28N2O4/c24-19-7-1-2-10-22(19)11-4-8-20(25)23-12-9-17(15-23)13-16-5-3-6-18(14-16)21(26)27/h3,5-6,14,17H,1-2,4,7-13,15H2,(H,26,27)/t17-/m1/s1. The fraction of sp³-hybridized carbons (Fsp3) is 0.571. The first-order valence-electron chi connectivity index (χ1n) is 9.90. The molecule has 6 nitrogen and oxygen atoms in total. The largest absolute Gasteiger partial charge is 0.478 e. The fourth-order valence-corrected chi connectivity index (χ4v) is 4.07. The molecule has 2 heterocycles. The summed E-state index contributed by atoms with van der Waals surface area (Å²) >= 11 is 0. The van der Waals surface area contributed by atoms with E-state index in [0.717, 1.165) is 57.3 Å². The van der Waals surface area contributed by atoms with E-state index in [1.54, 1.807) is 18.2 Å². The highest BCUT2D eigenvalue weighted by Gasteiger charge is 2.26. The van der Waals surface area contributed by atoms with Crippen LogP contribution in [0.4, 0.5) is 0 Å². The van der Waals surface area contributed by atoms with Gasteiger partial charge >= 0.3 is 5.97 Å². The van der Waals surface area contributed by atoms with Crippen LogP contribution in [0, 0.1) is 5.92 Å². The quantitative estimate of drug-likeness (QED) is 0.798. The van der Waals surface area contributed by atoms with E-state index in [2.05, 4.69) is 0 Å². The minimum atomic E-state index is -0.910. The first-order chi connectivity index (χ1) is 13.0. The van der Waals surface area contributed by atoms with Crippen LogP contribution in [0.25, 0.3) is 0 Å². The number of carbonyl (C=O) groups is 3. The molecular weight excluding hydrogens is 344 g/mol. The van der Waals surface area contributed by atoms with Crippen molar-refractivity contribution in [3.05, 3.63) is 35.4 Å². The first kappa shape index (κ1) is 19.4. The van der Waals surface area contributed by atoms with Crippen molar-refractivity contribution in [3.8, 4) is 0 Å². The maximum absolute atomic E-state index is 12.5. The lowest BCUT2D eigenvalue weighted by atomic mass is 9.97. The summed E-state index contributed by atoms with van der Waals surface area (Å²) in [6.07, 6.45) is 5.67. The molecule has 2 saturated heterocycles. The summed E-state index contributed by atoms with van der Waals surface area (Å²) in [6, 6.07) is 7.05. The van der Waals surface area contributed by atoms with Gasteiger partial charge in [-0.05, 0) is 55.7 Å². The smallest absolute Gasteiger partial charge is 0.335 e. The van der Waals surface area contributed by atoms with Crippen LogP contribution in [0.2, 0.25) is 0 Å². The third-order valence-corrected chi connectivity index (χ3v) is 5.58. The second-order valence-corrected chi connectivity index (χ2v) is 7.65. The van der Waals surface area contributed by atoms with E-state index in [4.69, 9.17) is 5.11 Å². The van der Waals surface area contributed by atoms with Crippen molar-refractivity contribution in [3.63, 3.8) is 0 Å². The number of rotatable bonds is 7. The predicted octanol–water partition coefficient (Wildman–Crippen LogP) is 2.57. The second-order valence-electron chi connectivity index (χ2n) is 7.65. The van der Waals surface area contributed by atoms with E-state index in [1.165, 1.54) is 0 Å². The Bertz CT molecular complexity index is 703. The van der Waals surface area contributed by atoms with Crippen molar-refractivity contribution in [2.75, 3.05) is 26.2 Å². The summed E-state index contributed by atoms with van der Waals surface area (Å²) in [4.78, 5) is 39.2. The van der Waals surface area contributed by atoms with E-state index in [9.17, 15) is 14.4 Å². The normalized spacial score (nSPS) is 20.1. The van der Waals surface area contributed by atoms with Crippen LogP contribution in [-0.4, -0.2) is 58.9 Å².